The number of hydrogen-bond acceptors (Lipinski definition) is 5. The summed E-state index contributed by atoms with van der Waals surface area (Å²) < 4.78 is 6.68. The van der Waals surface area contributed by atoms with E-state index in [1.54, 1.807) is 30.2 Å². The van der Waals surface area contributed by atoms with Crippen LogP contribution in [0.2, 0.25) is 0 Å². The summed E-state index contributed by atoms with van der Waals surface area (Å²) in [4.78, 5) is 10.4. The Bertz CT molecular complexity index is 492. The average molecular weight is 239 g/mol. The Morgan fingerprint density at radius 3 is 3.06 bits per heavy atom. The van der Waals surface area contributed by atoms with Gasteiger partial charge in [-0.05, 0) is 6.07 Å². The van der Waals surface area contributed by atoms with E-state index in [9.17, 15) is 4.79 Å². The maximum atomic E-state index is 10.4. The van der Waals surface area contributed by atoms with Crippen molar-refractivity contribution in [3.05, 3.63) is 18.6 Å². The minimum atomic E-state index is -0.877. The van der Waals surface area contributed by atoms with Crippen molar-refractivity contribution in [2.75, 3.05) is 5.75 Å². The van der Waals surface area contributed by atoms with Gasteiger partial charge in [-0.2, -0.15) is 0 Å². The van der Waals surface area contributed by atoms with Gasteiger partial charge in [0, 0.05) is 7.05 Å². The van der Waals surface area contributed by atoms with Gasteiger partial charge in [0.25, 0.3) is 0 Å². The number of carboxylic acid groups (broad SMARTS) is 1. The summed E-state index contributed by atoms with van der Waals surface area (Å²) in [5.41, 5.74) is 0.817. The molecule has 0 saturated heterocycles. The van der Waals surface area contributed by atoms with Crippen molar-refractivity contribution in [3.63, 3.8) is 0 Å². The van der Waals surface area contributed by atoms with E-state index in [2.05, 4.69) is 10.2 Å². The van der Waals surface area contributed by atoms with E-state index in [4.69, 9.17) is 9.52 Å². The Balaban J connectivity index is 2.21. The molecule has 2 aromatic heterocycles. The quantitative estimate of drug-likeness (QED) is 0.809. The lowest BCUT2D eigenvalue weighted by Crippen LogP contribution is -2.00. The highest BCUT2D eigenvalue weighted by atomic mass is 32.2. The van der Waals surface area contributed by atoms with E-state index < -0.39 is 5.97 Å². The van der Waals surface area contributed by atoms with E-state index in [1.165, 1.54) is 0 Å². The van der Waals surface area contributed by atoms with Crippen LogP contribution in [0.4, 0.5) is 0 Å². The van der Waals surface area contributed by atoms with Crippen molar-refractivity contribution in [3.8, 4) is 11.4 Å². The smallest absolute Gasteiger partial charge is 0.313 e. The fourth-order valence-electron chi connectivity index (χ4n) is 1.21. The van der Waals surface area contributed by atoms with Crippen LogP contribution in [0.1, 0.15) is 0 Å². The summed E-state index contributed by atoms with van der Waals surface area (Å²) >= 11 is 1.13. The van der Waals surface area contributed by atoms with Crippen LogP contribution < -0.4 is 0 Å². The number of aliphatic carboxylic acids is 1. The molecule has 2 rings (SSSR count). The number of furan rings is 1. The lowest BCUT2D eigenvalue weighted by atomic mass is 10.3. The van der Waals surface area contributed by atoms with Gasteiger partial charge in [0.05, 0.1) is 17.6 Å². The second-order valence-corrected chi connectivity index (χ2v) is 4.00. The second-order valence-electron chi connectivity index (χ2n) is 3.06. The summed E-state index contributed by atoms with van der Waals surface area (Å²) in [6.07, 6.45) is 3.11. The second kappa shape index (κ2) is 4.40. The number of thioether (sulfide) groups is 1. The van der Waals surface area contributed by atoms with Gasteiger partial charge in [-0.3, -0.25) is 4.79 Å². The molecule has 0 saturated carbocycles. The first-order valence-electron chi connectivity index (χ1n) is 4.45. The Morgan fingerprint density at radius 2 is 2.44 bits per heavy atom. The first kappa shape index (κ1) is 10.7. The molecule has 0 amide bonds. The maximum absolute atomic E-state index is 10.4. The molecule has 7 heteroatoms. The van der Waals surface area contributed by atoms with Gasteiger partial charge in [0.15, 0.2) is 11.0 Å². The Labute approximate surface area is 95.3 Å². The first-order valence-corrected chi connectivity index (χ1v) is 5.43. The van der Waals surface area contributed by atoms with Crippen LogP contribution in [0.25, 0.3) is 11.4 Å². The number of rotatable bonds is 4. The summed E-state index contributed by atoms with van der Waals surface area (Å²) in [5, 5.41) is 17.0. The third-order valence-electron chi connectivity index (χ3n) is 1.94. The molecule has 6 nitrogen and oxygen atoms in total. The van der Waals surface area contributed by atoms with Gasteiger partial charge in [-0.25, -0.2) is 0 Å². The van der Waals surface area contributed by atoms with Crippen molar-refractivity contribution >= 4 is 17.7 Å². The molecule has 0 radical (unpaired) electrons. The molecule has 2 aromatic rings. The molecule has 0 spiro atoms. The van der Waals surface area contributed by atoms with Crippen LogP contribution in [0.3, 0.4) is 0 Å². The lowest BCUT2D eigenvalue weighted by molar-refractivity contribution is -0.133. The van der Waals surface area contributed by atoms with E-state index >= 15 is 0 Å². The standard InChI is InChI=1S/C9H9N3O3S/c1-12-8(6-2-3-15-4-6)10-11-9(12)16-5-7(13)14/h2-4H,5H2,1H3,(H,13,14). The maximum Gasteiger partial charge on any atom is 0.313 e. The number of carboxylic acids is 1. The van der Waals surface area contributed by atoms with E-state index in [0.717, 1.165) is 17.3 Å². The van der Waals surface area contributed by atoms with E-state index in [-0.39, 0.29) is 5.75 Å². The van der Waals surface area contributed by atoms with Crippen LogP contribution in [-0.4, -0.2) is 31.6 Å². The van der Waals surface area contributed by atoms with E-state index in [0.29, 0.717) is 11.0 Å². The van der Waals surface area contributed by atoms with Crippen molar-refractivity contribution in [2.45, 2.75) is 5.16 Å². The van der Waals surface area contributed by atoms with Crippen LogP contribution in [0.15, 0.2) is 28.2 Å². The highest BCUT2D eigenvalue weighted by Crippen LogP contribution is 2.22. The number of carbonyl (C=O) groups is 1. The van der Waals surface area contributed by atoms with Crippen LogP contribution >= 0.6 is 11.8 Å². The van der Waals surface area contributed by atoms with Crippen molar-refractivity contribution in [1.29, 1.82) is 0 Å². The summed E-state index contributed by atoms with van der Waals surface area (Å²) in [6, 6.07) is 1.77. The SMILES string of the molecule is Cn1c(SCC(=O)O)nnc1-c1ccoc1. The predicted octanol–water partition coefficient (Wildman–Crippen LogP) is 1.25. The van der Waals surface area contributed by atoms with Gasteiger partial charge >= 0.3 is 5.97 Å². The van der Waals surface area contributed by atoms with Crippen molar-refractivity contribution in [1.82, 2.24) is 14.8 Å². The molecule has 0 unspecified atom stereocenters. The zero-order valence-electron chi connectivity index (χ0n) is 8.45. The molecule has 1 N–H and O–H groups in total. The molecule has 0 bridgehead atoms. The van der Waals surface area contributed by atoms with Crippen molar-refractivity contribution in [2.24, 2.45) is 7.05 Å². The zero-order valence-corrected chi connectivity index (χ0v) is 9.27. The van der Waals surface area contributed by atoms with Crippen LogP contribution in [0, 0.1) is 0 Å². The Hall–Kier alpha value is -1.76. The molecular formula is C9H9N3O3S. The predicted molar refractivity (Wildman–Crippen MR) is 57.1 cm³/mol. The molecule has 0 aliphatic carbocycles. The molecular weight excluding hydrogens is 230 g/mol. The molecule has 0 fully saturated rings. The fraction of sp³-hybridized carbons (Fsp3) is 0.222. The van der Waals surface area contributed by atoms with Gasteiger partial charge in [0.1, 0.15) is 6.26 Å². The molecule has 16 heavy (non-hydrogen) atoms. The summed E-state index contributed by atoms with van der Waals surface area (Å²) in [7, 11) is 1.78. The molecule has 0 atom stereocenters. The third kappa shape index (κ3) is 2.08. The Kier molecular flexibility index (Phi) is 2.95. The minimum absolute atomic E-state index is 0.0304. The third-order valence-corrected chi connectivity index (χ3v) is 2.94. The Morgan fingerprint density at radius 1 is 1.62 bits per heavy atom. The highest BCUT2D eigenvalue weighted by Gasteiger charge is 2.12. The van der Waals surface area contributed by atoms with Gasteiger partial charge < -0.3 is 14.1 Å². The number of hydrogen-bond donors (Lipinski definition) is 1. The first-order chi connectivity index (χ1) is 7.68. The van der Waals surface area contributed by atoms with E-state index in [1.807, 2.05) is 0 Å². The number of nitrogens with zero attached hydrogens (tertiary/aromatic N) is 3. The molecule has 2 heterocycles. The lowest BCUT2D eigenvalue weighted by Gasteiger charge is -1.99. The van der Waals surface area contributed by atoms with Crippen LogP contribution in [0.5, 0.6) is 0 Å². The normalized spacial score (nSPS) is 10.6. The van der Waals surface area contributed by atoms with Crippen molar-refractivity contribution < 1.29 is 14.3 Å². The summed E-state index contributed by atoms with van der Waals surface area (Å²) in [6.45, 7) is 0. The molecule has 84 valence electrons. The average Bonchev–Trinajstić information content (AvgIpc) is 2.84. The molecule has 0 aliphatic rings. The number of aromatic nitrogens is 3. The molecule has 0 aliphatic heterocycles. The highest BCUT2D eigenvalue weighted by molar-refractivity contribution is 7.99. The topological polar surface area (TPSA) is 81.2 Å². The summed E-state index contributed by atoms with van der Waals surface area (Å²) in [5.74, 6) is -0.253. The van der Waals surface area contributed by atoms with Crippen LogP contribution in [-0.2, 0) is 11.8 Å². The largest absolute Gasteiger partial charge is 0.481 e. The monoisotopic (exact) mass is 239 g/mol. The fourth-order valence-corrected chi connectivity index (χ4v) is 1.84. The van der Waals surface area contributed by atoms with Gasteiger partial charge in [-0.1, -0.05) is 11.8 Å². The van der Waals surface area contributed by atoms with Gasteiger partial charge in [-0.15, -0.1) is 10.2 Å². The minimum Gasteiger partial charge on any atom is -0.481 e. The molecule has 0 aromatic carbocycles. The zero-order chi connectivity index (χ0) is 11.5. The van der Waals surface area contributed by atoms with Gasteiger partial charge in [0.2, 0.25) is 0 Å².